The van der Waals surface area contributed by atoms with Gasteiger partial charge in [0.25, 0.3) is 0 Å². The fraction of sp³-hybridized carbons (Fsp3) is 0.727. The van der Waals surface area contributed by atoms with Gasteiger partial charge in [-0.15, -0.1) is 0 Å². The molecule has 0 aromatic carbocycles. The van der Waals surface area contributed by atoms with Crippen LogP contribution in [0.1, 0.15) is 27.7 Å². The molecule has 80 valence electrons. The molecule has 1 amide bonds. The average molecular weight is 196 g/mol. The Morgan fingerprint density at radius 1 is 1.29 bits per heavy atom. The Kier molecular flexibility index (Phi) is 2.72. The van der Waals surface area contributed by atoms with Gasteiger partial charge in [-0.05, 0) is 33.8 Å². The monoisotopic (exact) mass is 196 g/mol. The highest BCUT2D eigenvalue weighted by molar-refractivity contribution is 5.87. The van der Waals surface area contributed by atoms with Crippen LogP contribution in [0.5, 0.6) is 0 Å². The van der Waals surface area contributed by atoms with E-state index in [1.807, 2.05) is 4.90 Å². The van der Waals surface area contributed by atoms with Gasteiger partial charge in [-0.1, -0.05) is 6.58 Å². The standard InChI is InChI=1S/C11H20N2O/c1-6-9(14)13-7-10(2,3)12-11(4,5)8-13/h6,12H,1,7-8H2,2-5H3. The van der Waals surface area contributed by atoms with Crippen LogP contribution in [0.3, 0.4) is 0 Å². The first-order valence-corrected chi connectivity index (χ1v) is 4.96. The van der Waals surface area contributed by atoms with Gasteiger partial charge in [-0.3, -0.25) is 4.79 Å². The first-order chi connectivity index (χ1) is 6.26. The van der Waals surface area contributed by atoms with Crippen LogP contribution >= 0.6 is 0 Å². The van der Waals surface area contributed by atoms with Crippen molar-refractivity contribution in [2.24, 2.45) is 0 Å². The number of piperazine rings is 1. The molecule has 0 bridgehead atoms. The van der Waals surface area contributed by atoms with Gasteiger partial charge in [0.15, 0.2) is 0 Å². The van der Waals surface area contributed by atoms with Gasteiger partial charge in [-0.2, -0.15) is 0 Å². The third-order valence-electron chi connectivity index (χ3n) is 2.34. The van der Waals surface area contributed by atoms with E-state index in [2.05, 4.69) is 39.6 Å². The lowest BCUT2D eigenvalue weighted by Gasteiger charge is -2.48. The summed E-state index contributed by atoms with van der Waals surface area (Å²) in [6, 6.07) is 0. The number of rotatable bonds is 1. The molecule has 1 fully saturated rings. The Hall–Kier alpha value is -0.830. The molecule has 1 N–H and O–H groups in total. The van der Waals surface area contributed by atoms with Crippen LogP contribution in [0.2, 0.25) is 0 Å². The molecule has 0 aromatic rings. The zero-order valence-electron chi connectivity index (χ0n) is 9.55. The molecule has 0 aliphatic carbocycles. The van der Waals surface area contributed by atoms with E-state index in [-0.39, 0.29) is 17.0 Å². The fourth-order valence-corrected chi connectivity index (χ4v) is 2.29. The lowest BCUT2D eigenvalue weighted by Crippen LogP contribution is -2.67. The highest BCUT2D eigenvalue weighted by Crippen LogP contribution is 2.20. The second-order valence-electron chi connectivity index (χ2n) is 5.29. The molecule has 1 aliphatic rings. The summed E-state index contributed by atoms with van der Waals surface area (Å²) < 4.78 is 0. The molecule has 3 heteroatoms. The van der Waals surface area contributed by atoms with Crippen molar-refractivity contribution in [3.63, 3.8) is 0 Å². The van der Waals surface area contributed by atoms with Gasteiger partial charge in [0.05, 0.1) is 0 Å². The van der Waals surface area contributed by atoms with Crippen molar-refractivity contribution >= 4 is 5.91 Å². The SMILES string of the molecule is C=CC(=O)N1CC(C)(C)NC(C)(C)C1. The maximum atomic E-state index is 11.5. The summed E-state index contributed by atoms with van der Waals surface area (Å²) in [7, 11) is 0. The zero-order valence-corrected chi connectivity index (χ0v) is 9.55. The number of hydrogen-bond donors (Lipinski definition) is 1. The Labute approximate surface area is 86.2 Å². The van der Waals surface area contributed by atoms with E-state index in [0.717, 1.165) is 13.1 Å². The molecular weight excluding hydrogens is 176 g/mol. The van der Waals surface area contributed by atoms with E-state index in [1.54, 1.807) is 0 Å². The molecule has 14 heavy (non-hydrogen) atoms. The summed E-state index contributed by atoms with van der Waals surface area (Å²) in [5.41, 5.74) is -0.0547. The number of amides is 1. The minimum atomic E-state index is -0.0274. The van der Waals surface area contributed by atoms with Crippen molar-refractivity contribution in [3.05, 3.63) is 12.7 Å². The fourth-order valence-electron chi connectivity index (χ4n) is 2.29. The quantitative estimate of drug-likeness (QED) is 0.638. The average Bonchev–Trinajstić information content (AvgIpc) is 1.97. The Bertz CT molecular complexity index is 240. The first-order valence-electron chi connectivity index (χ1n) is 4.96. The van der Waals surface area contributed by atoms with Gasteiger partial charge >= 0.3 is 0 Å². The molecular formula is C11H20N2O. The number of carbonyl (C=O) groups is 1. The van der Waals surface area contributed by atoms with E-state index in [4.69, 9.17) is 0 Å². The molecule has 0 spiro atoms. The normalized spacial score (nSPS) is 24.4. The summed E-state index contributed by atoms with van der Waals surface area (Å²) in [5.74, 6) is 0.0210. The van der Waals surface area contributed by atoms with Crippen LogP contribution < -0.4 is 5.32 Å². The van der Waals surface area contributed by atoms with Crippen molar-refractivity contribution in [3.8, 4) is 0 Å². The third-order valence-corrected chi connectivity index (χ3v) is 2.34. The van der Waals surface area contributed by atoms with Crippen LogP contribution in [0.15, 0.2) is 12.7 Å². The van der Waals surface area contributed by atoms with Crippen LogP contribution in [-0.4, -0.2) is 35.0 Å². The summed E-state index contributed by atoms with van der Waals surface area (Å²) in [6.45, 7) is 13.4. The zero-order chi connectivity index (χ0) is 11.0. The topological polar surface area (TPSA) is 32.3 Å². The molecule has 0 atom stereocenters. The first kappa shape index (κ1) is 11.2. The van der Waals surface area contributed by atoms with Crippen molar-refractivity contribution in [2.45, 2.75) is 38.8 Å². The van der Waals surface area contributed by atoms with Gasteiger partial charge in [0.2, 0.25) is 5.91 Å². The molecule has 1 aliphatic heterocycles. The second-order valence-corrected chi connectivity index (χ2v) is 5.29. The number of nitrogens with one attached hydrogen (secondary N) is 1. The van der Waals surface area contributed by atoms with Gasteiger partial charge < -0.3 is 10.2 Å². The summed E-state index contributed by atoms with van der Waals surface area (Å²) in [6.07, 6.45) is 1.39. The van der Waals surface area contributed by atoms with Gasteiger partial charge in [0, 0.05) is 24.2 Å². The highest BCUT2D eigenvalue weighted by Gasteiger charge is 2.37. The Morgan fingerprint density at radius 2 is 1.71 bits per heavy atom. The summed E-state index contributed by atoms with van der Waals surface area (Å²) in [5, 5.41) is 3.51. The van der Waals surface area contributed by atoms with Crippen LogP contribution in [0.4, 0.5) is 0 Å². The Balaban J connectivity index is 2.81. The molecule has 1 saturated heterocycles. The molecule has 1 heterocycles. The number of carbonyl (C=O) groups excluding carboxylic acids is 1. The third kappa shape index (κ3) is 2.58. The van der Waals surface area contributed by atoms with E-state index < -0.39 is 0 Å². The van der Waals surface area contributed by atoms with Crippen molar-refractivity contribution < 1.29 is 4.79 Å². The largest absolute Gasteiger partial charge is 0.336 e. The number of nitrogens with zero attached hydrogens (tertiary/aromatic N) is 1. The predicted octanol–water partition coefficient (Wildman–Crippen LogP) is 1.16. The predicted molar refractivity (Wildman–Crippen MR) is 58.1 cm³/mol. The maximum Gasteiger partial charge on any atom is 0.246 e. The van der Waals surface area contributed by atoms with Crippen LogP contribution in [0, 0.1) is 0 Å². The van der Waals surface area contributed by atoms with E-state index in [9.17, 15) is 4.79 Å². The summed E-state index contributed by atoms with van der Waals surface area (Å²) in [4.78, 5) is 13.4. The molecule has 0 saturated carbocycles. The van der Waals surface area contributed by atoms with Crippen LogP contribution in [-0.2, 0) is 4.79 Å². The smallest absolute Gasteiger partial charge is 0.246 e. The van der Waals surface area contributed by atoms with Crippen molar-refractivity contribution in [1.82, 2.24) is 10.2 Å². The molecule has 3 nitrogen and oxygen atoms in total. The maximum absolute atomic E-state index is 11.5. The number of hydrogen-bond acceptors (Lipinski definition) is 2. The highest BCUT2D eigenvalue weighted by atomic mass is 16.2. The molecule has 0 radical (unpaired) electrons. The molecule has 0 unspecified atom stereocenters. The van der Waals surface area contributed by atoms with E-state index in [1.165, 1.54) is 6.08 Å². The minimum Gasteiger partial charge on any atom is -0.336 e. The minimum absolute atomic E-state index is 0.0210. The van der Waals surface area contributed by atoms with E-state index in [0.29, 0.717) is 0 Å². The van der Waals surface area contributed by atoms with Crippen molar-refractivity contribution in [1.29, 1.82) is 0 Å². The second kappa shape index (κ2) is 3.39. The van der Waals surface area contributed by atoms with Gasteiger partial charge in [-0.25, -0.2) is 0 Å². The van der Waals surface area contributed by atoms with E-state index >= 15 is 0 Å². The Morgan fingerprint density at radius 3 is 2.07 bits per heavy atom. The van der Waals surface area contributed by atoms with Gasteiger partial charge in [0.1, 0.15) is 0 Å². The van der Waals surface area contributed by atoms with Crippen molar-refractivity contribution in [2.75, 3.05) is 13.1 Å². The molecule has 1 rings (SSSR count). The van der Waals surface area contributed by atoms with Crippen LogP contribution in [0.25, 0.3) is 0 Å². The summed E-state index contributed by atoms with van der Waals surface area (Å²) >= 11 is 0. The lowest BCUT2D eigenvalue weighted by molar-refractivity contribution is -0.130. The molecule has 0 aromatic heterocycles. The lowest BCUT2D eigenvalue weighted by atomic mass is 9.91.